The van der Waals surface area contributed by atoms with E-state index >= 15 is 0 Å². The second-order valence-corrected chi connectivity index (χ2v) is 8.44. The first-order valence-corrected chi connectivity index (χ1v) is 10.9. The van der Waals surface area contributed by atoms with E-state index < -0.39 is 0 Å². The quantitative estimate of drug-likeness (QED) is 0.348. The van der Waals surface area contributed by atoms with Gasteiger partial charge in [0.25, 0.3) is 5.91 Å². The van der Waals surface area contributed by atoms with Crippen molar-refractivity contribution in [3.8, 4) is 0 Å². The lowest BCUT2D eigenvalue weighted by molar-refractivity contribution is 0.0958. The molecule has 7 heteroatoms. The minimum atomic E-state index is -0.0888. The highest BCUT2D eigenvalue weighted by atomic mass is 32.1. The molecule has 0 saturated carbocycles. The fourth-order valence-corrected chi connectivity index (χ4v) is 4.60. The third kappa shape index (κ3) is 4.13. The lowest BCUT2D eigenvalue weighted by atomic mass is 10.2. The van der Waals surface area contributed by atoms with Crippen LogP contribution in [0.25, 0.3) is 21.1 Å². The van der Waals surface area contributed by atoms with E-state index in [2.05, 4.69) is 43.8 Å². The van der Waals surface area contributed by atoms with Gasteiger partial charge in [0.05, 0.1) is 20.8 Å². The molecule has 4 heterocycles. The van der Waals surface area contributed by atoms with Crippen LogP contribution in [0.5, 0.6) is 0 Å². The SMILES string of the molecule is Cc1cc2cc(Nc3ccnc4cc(C(=O)NCCc5ccccn5)sc34)ccc2[nH]1. The van der Waals surface area contributed by atoms with Gasteiger partial charge in [-0.25, -0.2) is 0 Å². The van der Waals surface area contributed by atoms with Crippen LogP contribution >= 0.6 is 11.3 Å². The summed E-state index contributed by atoms with van der Waals surface area (Å²) < 4.78 is 0.961. The topological polar surface area (TPSA) is 82.7 Å². The van der Waals surface area contributed by atoms with Crippen molar-refractivity contribution in [1.29, 1.82) is 0 Å². The molecule has 0 spiro atoms. The molecule has 0 aliphatic carbocycles. The number of fused-ring (bicyclic) bond motifs is 2. The Kier molecular flexibility index (Phi) is 5.09. The Labute approximate surface area is 183 Å². The van der Waals surface area contributed by atoms with Crippen molar-refractivity contribution in [2.45, 2.75) is 13.3 Å². The molecule has 0 radical (unpaired) electrons. The lowest BCUT2D eigenvalue weighted by Gasteiger charge is -2.07. The van der Waals surface area contributed by atoms with Gasteiger partial charge < -0.3 is 15.6 Å². The number of pyridine rings is 2. The molecule has 6 nitrogen and oxygen atoms in total. The first kappa shape index (κ1) is 19.3. The molecular weight excluding hydrogens is 406 g/mol. The van der Waals surface area contributed by atoms with E-state index in [-0.39, 0.29) is 5.91 Å². The Morgan fingerprint density at radius 1 is 1.06 bits per heavy atom. The number of nitrogens with zero attached hydrogens (tertiary/aromatic N) is 2. The van der Waals surface area contributed by atoms with Crippen LogP contribution < -0.4 is 10.6 Å². The second-order valence-electron chi connectivity index (χ2n) is 7.39. The van der Waals surface area contributed by atoms with E-state index in [4.69, 9.17) is 0 Å². The molecule has 5 aromatic rings. The predicted molar refractivity (Wildman–Crippen MR) is 126 cm³/mol. The van der Waals surface area contributed by atoms with Crippen LogP contribution in [-0.2, 0) is 6.42 Å². The monoisotopic (exact) mass is 427 g/mol. The van der Waals surface area contributed by atoms with Gasteiger partial charge in [-0.2, -0.15) is 0 Å². The van der Waals surface area contributed by atoms with Crippen molar-refractivity contribution in [1.82, 2.24) is 20.3 Å². The number of aromatic nitrogens is 3. The molecule has 0 saturated heterocycles. The number of hydrogen-bond donors (Lipinski definition) is 3. The summed E-state index contributed by atoms with van der Waals surface area (Å²) in [5.41, 5.74) is 5.95. The summed E-state index contributed by atoms with van der Waals surface area (Å²) in [6, 6.07) is 17.9. The second kappa shape index (κ2) is 8.20. The minimum Gasteiger partial charge on any atom is -0.359 e. The van der Waals surface area contributed by atoms with Gasteiger partial charge in [-0.05, 0) is 55.5 Å². The summed E-state index contributed by atoms with van der Waals surface area (Å²) in [6.45, 7) is 2.59. The summed E-state index contributed by atoms with van der Waals surface area (Å²) in [6.07, 6.45) is 4.22. The number of carbonyl (C=O) groups excluding carboxylic acids is 1. The zero-order chi connectivity index (χ0) is 21.2. The van der Waals surface area contributed by atoms with Crippen molar-refractivity contribution in [3.05, 3.63) is 83.3 Å². The van der Waals surface area contributed by atoms with Crippen molar-refractivity contribution >= 4 is 49.7 Å². The summed E-state index contributed by atoms with van der Waals surface area (Å²) >= 11 is 1.45. The van der Waals surface area contributed by atoms with Gasteiger partial charge in [0.1, 0.15) is 0 Å². The van der Waals surface area contributed by atoms with E-state index in [0.29, 0.717) is 17.8 Å². The molecule has 31 heavy (non-hydrogen) atoms. The zero-order valence-corrected chi connectivity index (χ0v) is 17.8. The van der Waals surface area contributed by atoms with Crippen LogP contribution in [-0.4, -0.2) is 27.4 Å². The third-order valence-electron chi connectivity index (χ3n) is 5.06. The molecule has 0 bridgehead atoms. The maximum absolute atomic E-state index is 12.7. The third-order valence-corrected chi connectivity index (χ3v) is 6.22. The molecule has 0 aliphatic rings. The predicted octanol–water partition coefficient (Wildman–Crippen LogP) is 5.20. The molecule has 0 atom stereocenters. The Morgan fingerprint density at radius 3 is 2.87 bits per heavy atom. The van der Waals surface area contributed by atoms with E-state index in [1.165, 1.54) is 11.3 Å². The highest BCUT2D eigenvalue weighted by Crippen LogP contribution is 2.33. The number of amides is 1. The number of aryl methyl sites for hydroxylation is 1. The Hall–Kier alpha value is -3.71. The van der Waals surface area contributed by atoms with Crippen molar-refractivity contribution in [3.63, 3.8) is 0 Å². The normalized spacial score (nSPS) is 11.1. The van der Waals surface area contributed by atoms with Gasteiger partial charge >= 0.3 is 0 Å². The number of carbonyl (C=O) groups is 1. The molecular formula is C24H21N5OS. The highest BCUT2D eigenvalue weighted by Gasteiger charge is 2.13. The van der Waals surface area contributed by atoms with E-state index in [0.717, 1.165) is 43.9 Å². The number of anilines is 2. The summed E-state index contributed by atoms with van der Waals surface area (Å²) in [5, 5.41) is 7.62. The smallest absolute Gasteiger partial charge is 0.261 e. The van der Waals surface area contributed by atoms with Crippen LogP contribution in [0.15, 0.2) is 67.0 Å². The molecule has 4 aromatic heterocycles. The Balaban J connectivity index is 1.33. The van der Waals surface area contributed by atoms with Gasteiger partial charge in [0.15, 0.2) is 0 Å². The van der Waals surface area contributed by atoms with Gasteiger partial charge in [0.2, 0.25) is 0 Å². The van der Waals surface area contributed by atoms with Crippen LogP contribution in [0.4, 0.5) is 11.4 Å². The highest BCUT2D eigenvalue weighted by molar-refractivity contribution is 7.21. The number of hydrogen-bond acceptors (Lipinski definition) is 5. The molecule has 5 rings (SSSR count). The van der Waals surface area contributed by atoms with Gasteiger partial charge in [0, 0.05) is 53.3 Å². The number of rotatable bonds is 6. The average Bonchev–Trinajstić information content (AvgIpc) is 3.37. The Bertz CT molecular complexity index is 1370. The van der Waals surface area contributed by atoms with E-state index in [9.17, 15) is 4.79 Å². The van der Waals surface area contributed by atoms with Crippen LogP contribution in [0.1, 0.15) is 21.1 Å². The van der Waals surface area contributed by atoms with Crippen LogP contribution in [0, 0.1) is 6.92 Å². The minimum absolute atomic E-state index is 0.0888. The van der Waals surface area contributed by atoms with Gasteiger partial charge in [-0.15, -0.1) is 11.3 Å². The lowest BCUT2D eigenvalue weighted by Crippen LogP contribution is -2.25. The fourth-order valence-electron chi connectivity index (χ4n) is 3.60. The molecule has 154 valence electrons. The standard InChI is InChI=1S/C24H21N5OS/c1-15-12-16-13-18(5-6-19(16)28-15)29-20-8-11-26-21-14-22(31-23(20)21)24(30)27-10-7-17-4-2-3-9-25-17/h2-6,8-9,11-14,28H,7,10H2,1H3,(H,26,29)(H,27,30). The number of H-pyrrole nitrogens is 1. The summed E-state index contributed by atoms with van der Waals surface area (Å²) in [4.78, 5) is 25.4. The molecule has 0 unspecified atom stereocenters. The largest absolute Gasteiger partial charge is 0.359 e. The summed E-state index contributed by atoms with van der Waals surface area (Å²) in [5.74, 6) is -0.0888. The average molecular weight is 428 g/mol. The maximum atomic E-state index is 12.7. The molecule has 1 amide bonds. The van der Waals surface area contributed by atoms with Crippen molar-refractivity contribution < 1.29 is 4.79 Å². The number of thiophene rings is 1. The molecule has 0 fully saturated rings. The van der Waals surface area contributed by atoms with Crippen LogP contribution in [0.3, 0.4) is 0 Å². The van der Waals surface area contributed by atoms with Gasteiger partial charge in [-0.3, -0.25) is 14.8 Å². The molecule has 3 N–H and O–H groups in total. The van der Waals surface area contributed by atoms with Crippen LogP contribution in [0.2, 0.25) is 0 Å². The number of nitrogens with one attached hydrogen (secondary N) is 3. The van der Waals surface area contributed by atoms with Crippen molar-refractivity contribution in [2.24, 2.45) is 0 Å². The van der Waals surface area contributed by atoms with Crippen molar-refractivity contribution in [2.75, 3.05) is 11.9 Å². The van der Waals surface area contributed by atoms with E-state index in [1.807, 2.05) is 43.3 Å². The first-order chi connectivity index (χ1) is 15.2. The Morgan fingerprint density at radius 2 is 2.00 bits per heavy atom. The summed E-state index contributed by atoms with van der Waals surface area (Å²) in [7, 11) is 0. The fraction of sp³-hybridized carbons (Fsp3) is 0.125. The van der Waals surface area contributed by atoms with Gasteiger partial charge in [-0.1, -0.05) is 6.07 Å². The molecule has 0 aliphatic heterocycles. The first-order valence-electron chi connectivity index (χ1n) is 10.1. The maximum Gasteiger partial charge on any atom is 0.261 e. The zero-order valence-electron chi connectivity index (χ0n) is 17.0. The number of benzene rings is 1. The van der Waals surface area contributed by atoms with E-state index in [1.54, 1.807) is 12.4 Å². The number of aromatic amines is 1. The molecule has 1 aromatic carbocycles.